The molecule has 0 amide bonds. The summed E-state index contributed by atoms with van der Waals surface area (Å²) in [5, 5.41) is 3.57. The van der Waals surface area contributed by atoms with E-state index >= 15 is 0 Å². The Bertz CT molecular complexity index is 524. The topological polar surface area (TPSA) is 30.7 Å². The van der Waals surface area contributed by atoms with Crippen molar-refractivity contribution < 1.29 is 17.6 Å². The minimum absolute atomic E-state index is 0.594. The van der Waals surface area contributed by atoms with Gasteiger partial charge in [0.05, 0.1) is 6.20 Å². The summed E-state index contributed by atoms with van der Waals surface area (Å²) in [5.41, 5.74) is -0.325. The molecule has 0 unspecified atom stereocenters. The highest BCUT2D eigenvalue weighted by Gasteiger charge is 2.22. The monoisotopic (exact) mass is 231 g/mol. The number of nitrogens with zero attached hydrogens (tertiary/aromatic N) is 3. The van der Waals surface area contributed by atoms with Gasteiger partial charge >= 0.3 is 0 Å². The summed E-state index contributed by atoms with van der Waals surface area (Å²) in [4.78, 5) is 2.44. The van der Waals surface area contributed by atoms with Crippen molar-refractivity contribution in [2.45, 2.75) is 6.92 Å². The van der Waals surface area contributed by atoms with Crippen LogP contribution in [-0.2, 0) is 0 Å². The molecule has 0 aliphatic carbocycles. The van der Waals surface area contributed by atoms with Crippen LogP contribution >= 0.6 is 0 Å². The SMILES string of the molecule is Cc1cnn(-c2c(F)c(F)nc(F)c2F)c1. The van der Waals surface area contributed by atoms with E-state index in [1.807, 2.05) is 0 Å². The third kappa shape index (κ3) is 1.54. The molecule has 0 radical (unpaired) electrons. The highest BCUT2D eigenvalue weighted by atomic mass is 19.2. The molecule has 0 N–H and O–H groups in total. The third-order valence-electron chi connectivity index (χ3n) is 1.92. The molecule has 2 aromatic rings. The van der Waals surface area contributed by atoms with Gasteiger partial charge in [-0.05, 0) is 12.5 Å². The Hall–Kier alpha value is -1.92. The van der Waals surface area contributed by atoms with E-state index in [-0.39, 0.29) is 0 Å². The normalized spacial score (nSPS) is 10.8. The van der Waals surface area contributed by atoms with Crippen LogP contribution in [0.3, 0.4) is 0 Å². The van der Waals surface area contributed by atoms with Crippen molar-refractivity contribution in [2.24, 2.45) is 0 Å². The number of rotatable bonds is 1. The molecule has 2 aromatic heterocycles. The van der Waals surface area contributed by atoms with Gasteiger partial charge in [-0.3, -0.25) is 0 Å². The lowest BCUT2D eigenvalue weighted by molar-refractivity contribution is 0.400. The smallest absolute Gasteiger partial charge is 0.234 e. The lowest BCUT2D eigenvalue weighted by atomic mass is 10.3. The second kappa shape index (κ2) is 3.58. The van der Waals surface area contributed by atoms with Crippen LogP contribution in [0.5, 0.6) is 0 Å². The average molecular weight is 231 g/mol. The molecule has 0 saturated carbocycles. The van der Waals surface area contributed by atoms with E-state index < -0.39 is 29.2 Å². The van der Waals surface area contributed by atoms with E-state index in [4.69, 9.17) is 0 Å². The Morgan fingerprint density at radius 2 is 1.62 bits per heavy atom. The van der Waals surface area contributed by atoms with Gasteiger partial charge in [-0.1, -0.05) is 0 Å². The van der Waals surface area contributed by atoms with Crippen LogP contribution in [0.15, 0.2) is 12.4 Å². The van der Waals surface area contributed by atoms with E-state index in [0.29, 0.717) is 10.2 Å². The first kappa shape index (κ1) is 10.6. The van der Waals surface area contributed by atoms with Crippen molar-refractivity contribution >= 4 is 0 Å². The van der Waals surface area contributed by atoms with E-state index in [0.717, 1.165) is 0 Å². The van der Waals surface area contributed by atoms with Crippen LogP contribution in [-0.4, -0.2) is 14.8 Å². The van der Waals surface area contributed by atoms with Crippen LogP contribution in [0.2, 0.25) is 0 Å². The van der Waals surface area contributed by atoms with Gasteiger partial charge in [0.2, 0.25) is 11.6 Å². The number of aromatic nitrogens is 3. The molecule has 16 heavy (non-hydrogen) atoms. The molecule has 0 aliphatic heterocycles. The Kier molecular flexibility index (Phi) is 2.37. The highest BCUT2D eigenvalue weighted by Crippen LogP contribution is 2.20. The molecule has 0 fully saturated rings. The lowest BCUT2D eigenvalue weighted by Crippen LogP contribution is -2.09. The van der Waals surface area contributed by atoms with Crippen molar-refractivity contribution in [3.8, 4) is 5.69 Å². The summed E-state index contributed by atoms with van der Waals surface area (Å²) in [6.07, 6.45) is 2.54. The van der Waals surface area contributed by atoms with E-state index in [1.165, 1.54) is 12.4 Å². The Balaban J connectivity index is 2.73. The largest absolute Gasteiger partial charge is 0.254 e. The minimum atomic E-state index is -1.71. The number of hydrogen-bond acceptors (Lipinski definition) is 2. The number of hydrogen-bond donors (Lipinski definition) is 0. The highest BCUT2D eigenvalue weighted by molar-refractivity contribution is 5.33. The molecule has 0 saturated heterocycles. The van der Waals surface area contributed by atoms with Crippen LogP contribution in [0.25, 0.3) is 5.69 Å². The predicted molar refractivity (Wildman–Crippen MR) is 45.9 cm³/mol. The number of halogens is 4. The first-order valence-electron chi connectivity index (χ1n) is 4.22. The molecule has 0 atom stereocenters. The Morgan fingerprint density at radius 3 is 2.06 bits per heavy atom. The second-order valence-corrected chi connectivity index (χ2v) is 3.13. The van der Waals surface area contributed by atoms with Gasteiger partial charge in [0.1, 0.15) is 5.69 Å². The Labute approximate surface area is 87.3 Å². The maximum Gasteiger partial charge on any atom is 0.254 e. The average Bonchev–Trinajstić information content (AvgIpc) is 2.62. The quantitative estimate of drug-likeness (QED) is 0.556. The zero-order chi connectivity index (χ0) is 11.9. The molecule has 7 heteroatoms. The van der Waals surface area contributed by atoms with Crippen molar-refractivity contribution in [1.82, 2.24) is 14.8 Å². The minimum Gasteiger partial charge on any atom is -0.234 e. The maximum absolute atomic E-state index is 13.2. The van der Waals surface area contributed by atoms with Gasteiger partial charge in [-0.25, -0.2) is 4.68 Å². The summed E-state index contributed by atoms with van der Waals surface area (Å²) in [5.74, 6) is -6.58. The molecule has 2 heterocycles. The van der Waals surface area contributed by atoms with E-state index in [9.17, 15) is 17.6 Å². The molecule has 0 aliphatic rings. The van der Waals surface area contributed by atoms with E-state index in [2.05, 4.69) is 10.1 Å². The van der Waals surface area contributed by atoms with Crippen molar-refractivity contribution in [2.75, 3.05) is 0 Å². The summed E-state index contributed by atoms with van der Waals surface area (Å²) < 4.78 is 52.7. The second-order valence-electron chi connectivity index (χ2n) is 3.13. The van der Waals surface area contributed by atoms with Crippen LogP contribution < -0.4 is 0 Å². The van der Waals surface area contributed by atoms with Crippen molar-refractivity contribution in [3.63, 3.8) is 0 Å². The van der Waals surface area contributed by atoms with Gasteiger partial charge < -0.3 is 0 Å². The van der Waals surface area contributed by atoms with Crippen molar-refractivity contribution in [1.29, 1.82) is 0 Å². The summed E-state index contributed by atoms with van der Waals surface area (Å²) >= 11 is 0. The number of pyridine rings is 1. The fourth-order valence-corrected chi connectivity index (χ4v) is 1.21. The number of aryl methyl sites for hydroxylation is 1. The standard InChI is InChI=1S/C9H5F4N3/c1-4-2-14-16(3-4)7-5(10)8(12)15-9(13)6(7)11/h2-3H,1H3. The lowest BCUT2D eigenvalue weighted by Gasteiger charge is -2.05. The molecule has 2 rings (SSSR count). The molecular formula is C9H5F4N3. The van der Waals surface area contributed by atoms with Crippen LogP contribution in [0, 0.1) is 30.5 Å². The van der Waals surface area contributed by atoms with Gasteiger partial charge in [0.25, 0.3) is 11.9 Å². The summed E-state index contributed by atoms with van der Waals surface area (Å²) in [7, 11) is 0. The summed E-state index contributed by atoms with van der Waals surface area (Å²) in [6, 6.07) is 0. The fraction of sp³-hybridized carbons (Fsp3) is 0.111. The third-order valence-corrected chi connectivity index (χ3v) is 1.92. The molecule has 0 spiro atoms. The zero-order valence-corrected chi connectivity index (χ0v) is 8.01. The van der Waals surface area contributed by atoms with Gasteiger partial charge in [-0.2, -0.15) is 27.6 Å². The first-order valence-corrected chi connectivity index (χ1v) is 4.22. The summed E-state index contributed by atoms with van der Waals surface area (Å²) in [6.45, 7) is 1.62. The molecular weight excluding hydrogens is 226 g/mol. The zero-order valence-electron chi connectivity index (χ0n) is 8.01. The maximum atomic E-state index is 13.2. The predicted octanol–water partition coefficient (Wildman–Crippen LogP) is 2.13. The fourth-order valence-electron chi connectivity index (χ4n) is 1.21. The molecule has 0 bridgehead atoms. The molecule has 84 valence electrons. The van der Waals surface area contributed by atoms with Gasteiger partial charge in [0, 0.05) is 6.20 Å². The molecule has 0 aromatic carbocycles. The molecule has 3 nitrogen and oxygen atoms in total. The van der Waals surface area contributed by atoms with Gasteiger partial charge in [-0.15, -0.1) is 0 Å². The van der Waals surface area contributed by atoms with Gasteiger partial charge in [0.15, 0.2) is 0 Å². The Morgan fingerprint density at radius 1 is 1.06 bits per heavy atom. The first-order chi connectivity index (χ1) is 7.50. The van der Waals surface area contributed by atoms with Crippen LogP contribution in [0.1, 0.15) is 5.56 Å². The van der Waals surface area contributed by atoms with Crippen molar-refractivity contribution in [3.05, 3.63) is 41.5 Å². The van der Waals surface area contributed by atoms with Crippen LogP contribution in [0.4, 0.5) is 17.6 Å². The van der Waals surface area contributed by atoms with E-state index in [1.54, 1.807) is 6.92 Å².